The first-order chi connectivity index (χ1) is 7.79. The number of benzene rings is 1. The second-order valence-corrected chi connectivity index (χ2v) is 5.33. The van der Waals surface area contributed by atoms with Crippen molar-refractivity contribution in [2.45, 2.75) is 25.3 Å². The van der Waals surface area contributed by atoms with E-state index in [0.29, 0.717) is 12.0 Å². The predicted molar refractivity (Wildman–Crippen MR) is 68.1 cm³/mol. The molecular weight excluding hydrogens is 220 g/mol. The van der Waals surface area contributed by atoms with Crippen LogP contribution in [0.1, 0.15) is 18.4 Å². The lowest BCUT2D eigenvalue weighted by atomic mass is 9.95. The molecular formula is C13H17ClN2. The van der Waals surface area contributed by atoms with E-state index in [4.69, 9.17) is 17.3 Å². The summed E-state index contributed by atoms with van der Waals surface area (Å²) in [5, 5.41) is 0.923. The fraction of sp³-hybridized carbons (Fsp3) is 0.538. The zero-order valence-electron chi connectivity index (χ0n) is 9.32. The third kappa shape index (κ3) is 1.52. The second kappa shape index (κ2) is 3.94. The summed E-state index contributed by atoms with van der Waals surface area (Å²) in [6, 6.07) is 6.95. The Kier molecular flexibility index (Phi) is 2.56. The summed E-state index contributed by atoms with van der Waals surface area (Å²) in [5.41, 5.74) is 8.46. The molecule has 3 rings (SSSR count). The molecule has 0 amide bonds. The molecule has 0 saturated carbocycles. The van der Waals surface area contributed by atoms with Crippen molar-refractivity contribution < 1.29 is 0 Å². The van der Waals surface area contributed by atoms with Crippen molar-refractivity contribution in [2.24, 2.45) is 11.7 Å². The summed E-state index contributed by atoms with van der Waals surface area (Å²) < 4.78 is 0. The number of hydrogen-bond acceptors (Lipinski definition) is 2. The van der Waals surface area contributed by atoms with Crippen molar-refractivity contribution >= 4 is 17.3 Å². The second-order valence-electron chi connectivity index (χ2n) is 4.92. The van der Waals surface area contributed by atoms with Crippen LogP contribution in [0.4, 0.5) is 5.69 Å². The molecule has 0 radical (unpaired) electrons. The molecule has 1 aromatic rings. The molecule has 2 nitrogen and oxygen atoms in total. The SMILES string of the molecule is NCC1CC2CCc3c(Cl)cccc3N2C1. The first kappa shape index (κ1) is 10.4. The molecule has 1 fully saturated rings. The van der Waals surface area contributed by atoms with Crippen molar-refractivity contribution in [1.82, 2.24) is 0 Å². The van der Waals surface area contributed by atoms with Gasteiger partial charge in [0.1, 0.15) is 0 Å². The Labute approximate surface area is 101 Å². The van der Waals surface area contributed by atoms with Crippen LogP contribution < -0.4 is 10.6 Å². The molecule has 2 aliphatic rings. The van der Waals surface area contributed by atoms with E-state index in [-0.39, 0.29) is 0 Å². The molecule has 0 bridgehead atoms. The minimum absolute atomic E-state index is 0.662. The van der Waals surface area contributed by atoms with E-state index in [9.17, 15) is 0 Å². The van der Waals surface area contributed by atoms with E-state index < -0.39 is 0 Å². The maximum Gasteiger partial charge on any atom is 0.0458 e. The molecule has 2 N–H and O–H groups in total. The molecule has 2 heterocycles. The van der Waals surface area contributed by atoms with Crippen LogP contribution in [0.2, 0.25) is 5.02 Å². The Hall–Kier alpha value is -0.730. The standard InChI is InChI=1S/C13H17ClN2/c14-12-2-1-3-13-11(12)5-4-10-6-9(7-15)8-16(10)13/h1-3,9-10H,4-8,15H2. The van der Waals surface area contributed by atoms with Gasteiger partial charge in [-0.05, 0) is 49.4 Å². The number of hydrogen-bond donors (Lipinski definition) is 1. The fourth-order valence-electron chi connectivity index (χ4n) is 3.13. The first-order valence-electron chi connectivity index (χ1n) is 6.03. The van der Waals surface area contributed by atoms with Crippen LogP contribution in [0.3, 0.4) is 0 Å². The highest BCUT2D eigenvalue weighted by Crippen LogP contribution is 2.40. The van der Waals surface area contributed by atoms with Gasteiger partial charge in [-0.2, -0.15) is 0 Å². The highest BCUT2D eigenvalue weighted by atomic mass is 35.5. The topological polar surface area (TPSA) is 29.3 Å². The van der Waals surface area contributed by atoms with E-state index >= 15 is 0 Å². The number of nitrogens with two attached hydrogens (primary N) is 1. The molecule has 1 saturated heterocycles. The van der Waals surface area contributed by atoms with Gasteiger partial charge in [-0.1, -0.05) is 17.7 Å². The summed E-state index contributed by atoms with van der Waals surface area (Å²) in [4.78, 5) is 2.52. The Balaban J connectivity index is 1.97. The van der Waals surface area contributed by atoms with E-state index in [1.165, 1.54) is 24.1 Å². The van der Waals surface area contributed by atoms with Crippen molar-refractivity contribution in [3.8, 4) is 0 Å². The van der Waals surface area contributed by atoms with Crippen molar-refractivity contribution in [2.75, 3.05) is 18.0 Å². The largest absolute Gasteiger partial charge is 0.368 e. The van der Waals surface area contributed by atoms with Gasteiger partial charge in [-0.3, -0.25) is 0 Å². The average molecular weight is 237 g/mol. The van der Waals surface area contributed by atoms with Gasteiger partial charge in [0.15, 0.2) is 0 Å². The van der Waals surface area contributed by atoms with E-state index in [1.807, 2.05) is 6.07 Å². The first-order valence-corrected chi connectivity index (χ1v) is 6.41. The highest BCUT2D eigenvalue weighted by Gasteiger charge is 2.35. The maximum absolute atomic E-state index is 6.25. The number of nitrogens with zero attached hydrogens (tertiary/aromatic N) is 1. The van der Waals surface area contributed by atoms with Crippen LogP contribution >= 0.6 is 11.6 Å². The molecule has 0 aromatic heterocycles. The van der Waals surface area contributed by atoms with Crippen LogP contribution in [-0.2, 0) is 6.42 Å². The monoisotopic (exact) mass is 236 g/mol. The zero-order chi connectivity index (χ0) is 11.1. The van der Waals surface area contributed by atoms with Gasteiger partial charge in [0.05, 0.1) is 0 Å². The minimum atomic E-state index is 0.662. The van der Waals surface area contributed by atoms with Crippen LogP contribution in [0.5, 0.6) is 0 Å². The minimum Gasteiger partial charge on any atom is -0.368 e. The van der Waals surface area contributed by atoms with E-state index in [1.54, 1.807) is 0 Å². The molecule has 2 aliphatic heterocycles. The fourth-order valence-corrected chi connectivity index (χ4v) is 3.39. The average Bonchev–Trinajstić information content (AvgIpc) is 2.72. The van der Waals surface area contributed by atoms with Crippen molar-refractivity contribution in [3.63, 3.8) is 0 Å². The smallest absolute Gasteiger partial charge is 0.0458 e. The van der Waals surface area contributed by atoms with Gasteiger partial charge < -0.3 is 10.6 Å². The molecule has 86 valence electrons. The van der Waals surface area contributed by atoms with Crippen LogP contribution in [0.15, 0.2) is 18.2 Å². The van der Waals surface area contributed by atoms with Gasteiger partial charge in [-0.25, -0.2) is 0 Å². The number of rotatable bonds is 1. The lowest BCUT2D eigenvalue weighted by Gasteiger charge is -2.34. The van der Waals surface area contributed by atoms with Gasteiger partial charge in [0.25, 0.3) is 0 Å². The zero-order valence-corrected chi connectivity index (χ0v) is 10.1. The van der Waals surface area contributed by atoms with E-state index in [2.05, 4.69) is 17.0 Å². The summed E-state index contributed by atoms with van der Waals surface area (Å²) in [7, 11) is 0. The number of anilines is 1. The number of fused-ring (bicyclic) bond motifs is 3. The normalized spacial score (nSPS) is 27.8. The molecule has 0 aliphatic carbocycles. The molecule has 0 spiro atoms. The molecule has 2 atom stereocenters. The Morgan fingerprint density at radius 1 is 1.44 bits per heavy atom. The van der Waals surface area contributed by atoms with Crippen molar-refractivity contribution in [3.05, 3.63) is 28.8 Å². The van der Waals surface area contributed by atoms with Crippen molar-refractivity contribution in [1.29, 1.82) is 0 Å². The maximum atomic E-state index is 6.25. The Bertz CT molecular complexity index is 405. The third-order valence-electron chi connectivity index (χ3n) is 3.97. The van der Waals surface area contributed by atoms with Gasteiger partial charge >= 0.3 is 0 Å². The van der Waals surface area contributed by atoms with Crippen LogP contribution in [0, 0.1) is 5.92 Å². The van der Waals surface area contributed by atoms with Crippen LogP contribution in [-0.4, -0.2) is 19.1 Å². The number of halogens is 1. The summed E-state index contributed by atoms with van der Waals surface area (Å²) in [6.45, 7) is 1.91. The Morgan fingerprint density at radius 3 is 3.12 bits per heavy atom. The highest BCUT2D eigenvalue weighted by molar-refractivity contribution is 6.31. The molecule has 1 aromatic carbocycles. The van der Waals surface area contributed by atoms with E-state index in [0.717, 1.165) is 24.5 Å². The summed E-state index contributed by atoms with van der Waals surface area (Å²) in [6.07, 6.45) is 3.60. The Morgan fingerprint density at radius 2 is 2.31 bits per heavy atom. The van der Waals surface area contributed by atoms with Gasteiger partial charge in [0.2, 0.25) is 0 Å². The quantitative estimate of drug-likeness (QED) is 0.812. The van der Waals surface area contributed by atoms with Gasteiger partial charge in [-0.15, -0.1) is 0 Å². The summed E-state index contributed by atoms with van der Waals surface area (Å²) in [5.74, 6) is 0.662. The third-order valence-corrected chi connectivity index (χ3v) is 4.32. The lowest BCUT2D eigenvalue weighted by molar-refractivity contribution is 0.537. The molecule has 3 heteroatoms. The molecule has 16 heavy (non-hydrogen) atoms. The predicted octanol–water partition coefficient (Wildman–Crippen LogP) is 2.44. The molecule has 2 unspecified atom stereocenters. The van der Waals surface area contributed by atoms with Crippen LogP contribution in [0.25, 0.3) is 0 Å². The lowest BCUT2D eigenvalue weighted by Crippen LogP contribution is -2.34. The van der Waals surface area contributed by atoms with Gasteiger partial charge in [0, 0.05) is 23.3 Å². The summed E-state index contributed by atoms with van der Waals surface area (Å²) >= 11 is 6.25.